The molecular weight excluding hydrogens is 432 g/mol. The molecule has 0 bridgehead atoms. The molecule has 2 amide bonds. The van der Waals surface area contributed by atoms with Crippen LogP contribution in [0.5, 0.6) is 5.75 Å². The normalized spacial score (nSPS) is 17.9. The number of hydrogen-bond donors (Lipinski definition) is 0. The van der Waals surface area contributed by atoms with Gasteiger partial charge in [0.1, 0.15) is 12.4 Å². The van der Waals surface area contributed by atoms with E-state index in [-0.39, 0.29) is 30.3 Å². The molecule has 0 radical (unpaired) electrons. The lowest BCUT2D eigenvalue weighted by atomic mass is 10.00. The number of carbonyl (C=O) groups is 2. The molecule has 6 heteroatoms. The van der Waals surface area contributed by atoms with E-state index in [1.54, 1.807) is 16.2 Å². The predicted octanol–water partition coefficient (Wildman–Crippen LogP) is 5.27. The summed E-state index contributed by atoms with van der Waals surface area (Å²) in [5.41, 5.74) is 2.46. The van der Waals surface area contributed by atoms with Gasteiger partial charge in [-0.3, -0.25) is 9.59 Å². The van der Waals surface area contributed by atoms with Crippen molar-refractivity contribution >= 4 is 23.2 Å². The first-order chi connectivity index (χ1) is 15.8. The first kappa shape index (κ1) is 23.8. The van der Waals surface area contributed by atoms with Crippen LogP contribution in [0.3, 0.4) is 0 Å². The van der Waals surface area contributed by atoms with Crippen LogP contribution in [0.1, 0.15) is 68.5 Å². The van der Waals surface area contributed by atoms with Crippen molar-refractivity contribution in [3.05, 3.63) is 51.7 Å². The summed E-state index contributed by atoms with van der Waals surface area (Å²) in [5, 5.41) is 2.10. The number of amides is 2. The summed E-state index contributed by atoms with van der Waals surface area (Å²) in [6.07, 6.45) is 3.17. The Morgan fingerprint density at radius 1 is 1.12 bits per heavy atom. The number of nitrogens with zero attached hydrogens (tertiary/aromatic N) is 2. The van der Waals surface area contributed by atoms with Crippen molar-refractivity contribution < 1.29 is 14.3 Å². The first-order valence-corrected chi connectivity index (χ1v) is 13.1. The van der Waals surface area contributed by atoms with Gasteiger partial charge in [0.05, 0.1) is 12.6 Å². The minimum absolute atomic E-state index is 0.0188. The van der Waals surface area contributed by atoms with Gasteiger partial charge in [-0.25, -0.2) is 0 Å². The Hall–Kier alpha value is -2.34. The lowest BCUT2D eigenvalue weighted by Gasteiger charge is -2.37. The van der Waals surface area contributed by atoms with Crippen molar-refractivity contribution in [1.82, 2.24) is 9.80 Å². The van der Waals surface area contributed by atoms with E-state index in [4.69, 9.17) is 4.74 Å². The van der Waals surface area contributed by atoms with Crippen molar-refractivity contribution in [3.8, 4) is 5.75 Å². The molecule has 2 heterocycles. The molecule has 1 atom stereocenters. The van der Waals surface area contributed by atoms with Crippen LogP contribution in [-0.2, 0) is 16.0 Å². The van der Waals surface area contributed by atoms with Crippen molar-refractivity contribution in [1.29, 1.82) is 0 Å². The Morgan fingerprint density at radius 2 is 1.85 bits per heavy atom. The fraction of sp³-hybridized carbons (Fsp3) is 0.556. The summed E-state index contributed by atoms with van der Waals surface area (Å²) >= 11 is 1.75. The van der Waals surface area contributed by atoms with Gasteiger partial charge >= 0.3 is 0 Å². The molecule has 0 spiro atoms. The summed E-state index contributed by atoms with van der Waals surface area (Å²) in [4.78, 5) is 31.3. The van der Waals surface area contributed by atoms with Crippen molar-refractivity contribution in [3.63, 3.8) is 0 Å². The topological polar surface area (TPSA) is 49.9 Å². The Labute approximate surface area is 201 Å². The highest BCUT2D eigenvalue weighted by Crippen LogP contribution is 2.35. The second-order valence-corrected chi connectivity index (χ2v) is 11.0. The molecule has 1 aromatic carbocycles. The highest BCUT2D eigenvalue weighted by molar-refractivity contribution is 7.10. The highest BCUT2D eigenvalue weighted by Gasteiger charge is 2.35. The molecule has 1 aliphatic carbocycles. The molecule has 1 aliphatic heterocycles. The summed E-state index contributed by atoms with van der Waals surface area (Å²) in [6, 6.07) is 10.2. The molecule has 33 heavy (non-hydrogen) atoms. The van der Waals surface area contributed by atoms with Crippen LogP contribution < -0.4 is 4.74 Å². The Balaban J connectivity index is 1.48. The molecule has 2 aliphatic rings. The number of fused-ring (bicyclic) bond motifs is 1. The first-order valence-electron chi connectivity index (χ1n) is 12.2. The van der Waals surface area contributed by atoms with Crippen molar-refractivity contribution in [2.24, 2.45) is 11.8 Å². The summed E-state index contributed by atoms with van der Waals surface area (Å²) in [6.45, 7) is 10.1. The van der Waals surface area contributed by atoms with Crippen molar-refractivity contribution in [2.75, 3.05) is 26.2 Å². The third-order valence-corrected chi connectivity index (χ3v) is 7.67. The van der Waals surface area contributed by atoms with E-state index < -0.39 is 0 Å². The van der Waals surface area contributed by atoms with Gasteiger partial charge in [0.15, 0.2) is 0 Å². The maximum Gasteiger partial charge on any atom is 0.242 e. The van der Waals surface area contributed by atoms with E-state index in [0.717, 1.165) is 25.0 Å². The van der Waals surface area contributed by atoms with Gasteiger partial charge in [-0.1, -0.05) is 39.8 Å². The number of benzene rings is 1. The summed E-state index contributed by atoms with van der Waals surface area (Å²) in [5.74, 6) is 1.84. The van der Waals surface area contributed by atoms with Gasteiger partial charge in [0, 0.05) is 23.9 Å². The lowest BCUT2D eigenvalue weighted by molar-refractivity contribution is -0.144. The van der Waals surface area contributed by atoms with Gasteiger partial charge < -0.3 is 14.5 Å². The van der Waals surface area contributed by atoms with E-state index in [2.05, 4.69) is 37.4 Å². The molecule has 4 rings (SSSR count). The molecule has 1 fully saturated rings. The van der Waals surface area contributed by atoms with Crippen LogP contribution >= 0.6 is 11.3 Å². The zero-order valence-electron chi connectivity index (χ0n) is 20.3. The molecule has 0 saturated heterocycles. The molecule has 1 aromatic heterocycles. The molecule has 0 N–H and O–H groups in total. The third kappa shape index (κ3) is 5.78. The van der Waals surface area contributed by atoms with E-state index in [0.29, 0.717) is 31.5 Å². The summed E-state index contributed by atoms with van der Waals surface area (Å²) in [7, 11) is 0. The third-order valence-electron chi connectivity index (χ3n) is 6.68. The van der Waals surface area contributed by atoms with Crippen molar-refractivity contribution in [2.45, 2.75) is 58.9 Å². The maximum atomic E-state index is 13.5. The van der Waals surface area contributed by atoms with Crippen LogP contribution in [0.4, 0.5) is 0 Å². The number of ether oxygens (including phenoxy) is 1. The zero-order chi connectivity index (χ0) is 23.5. The fourth-order valence-corrected chi connectivity index (χ4v) is 5.39. The molecule has 2 aromatic rings. The van der Waals surface area contributed by atoms with Crippen LogP contribution in [0.15, 0.2) is 35.7 Å². The second-order valence-electron chi connectivity index (χ2n) is 10.0. The number of thiophene rings is 1. The minimum atomic E-state index is -0.130. The van der Waals surface area contributed by atoms with E-state index in [9.17, 15) is 9.59 Å². The standard InChI is InChI=1S/C27H36N2O3S/c1-18(2)21-7-9-22(10-8-21)32-17-24-23-12-14-33-25(23)11-13-29(24)26(30)16-28(15-20-5-6-20)27(31)19(3)4/h7-10,12,14,18-20,24H,5-6,11,13,15-17H2,1-4H3/t24-/m1/s1. The maximum absolute atomic E-state index is 13.5. The monoisotopic (exact) mass is 468 g/mol. The minimum Gasteiger partial charge on any atom is -0.491 e. The Kier molecular flexibility index (Phi) is 7.42. The lowest BCUT2D eigenvalue weighted by Crippen LogP contribution is -2.49. The van der Waals surface area contributed by atoms with Crippen LogP contribution in [0.25, 0.3) is 0 Å². The number of rotatable bonds is 9. The second kappa shape index (κ2) is 10.3. The van der Waals surface area contributed by atoms with Gasteiger partial charge in [-0.2, -0.15) is 0 Å². The van der Waals surface area contributed by atoms with Gasteiger partial charge in [0.25, 0.3) is 0 Å². The van der Waals surface area contributed by atoms with E-state index in [1.165, 1.54) is 16.0 Å². The van der Waals surface area contributed by atoms with Crippen LogP contribution in [0, 0.1) is 11.8 Å². The Morgan fingerprint density at radius 3 is 2.48 bits per heavy atom. The smallest absolute Gasteiger partial charge is 0.242 e. The van der Waals surface area contributed by atoms with Gasteiger partial charge in [0.2, 0.25) is 11.8 Å². The number of hydrogen-bond acceptors (Lipinski definition) is 4. The molecule has 1 saturated carbocycles. The van der Waals surface area contributed by atoms with E-state index >= 15 is 0 Å². The predicted molar refractivity (Wildman–Crippen MR) is 133 cm³/mol. The van der Waals surface area contributed by atoms with Crippen LogP contribution in [-0.4, -0.2) is 47.9 Å². The van der Waals surface area contributed by atoms with Gasteiger partial charge in [-0.15, -0.1) is 11.3 Å². The quantitative estimate of drug-likeness (QED) is 0.504. The Bertz CT molecular complexity index is 962. The molecule has 5 nitrogen and oxygen atoms in total. The van der Waals surface area contributed by atoms with Crippen LogP contribution in [0.2, 0.25) is 0 Å². The summed E-state index contributed by atoms with van der Waals surface area (Å²) < 4.78 is 6.18. The average molecular weight is 469 g/mol. The largest absolute Gasteiger partial charge is 0.491 e. The molecule has 178 valence electrons. The highest BCUT2D eigenvalue weighted by atomic mass is 32.1. The number of carbonyl (C=O) groups excluding carboxylic acids is 2. The SMILES string of the molecule is CC(C)C(=O)N(CC(=O)N1CCc2sccc2[C@H]1COc1ccc(C(C)C)cc1)CC1CC1. The average Bonchev–Trinajstić information content (AvgIpc) is 3.48. The zero-order valence-corrected chi connectivity index (χ0v) is 21.1. The van der Waals surface area contributed by atoms with Gasteiger partial charge in [-0.05, 0) is 65.8 Å². The van der Waals surface area contributed by atoms with E-state index in [1.807, 2.05) is 30.9 Å². The molecule has 0 unspecified atom stereocenters. The fourth-order valence-electron chi connectivity index (χ4n) is 4.46. The molecular formula is C27H36N2O3S.